The zero-order valence-electron chi connectivity index (χ0n) is 11.6. The Kier molecular flexibility index (Phi) is 4.99. The van der Waals surface area contributed by atoms with Crippen molar-refractivity contribution in [3.8, 4) is 0 Å². The molecule has 0 aliphatic carbocycles. The lowest BCUT2D eigenvalue weighted by atomic mass is 10.2. The van der Waals surface area contributed by atoms with E-state index in [0.29, 0.717) is 27.9 Å². The fourth-order valence-electron chi connectivity index (χ4n) is 1.57. The summed E-state index contributed by atoms with van der Waals surface area (Å²) in [6.07, 6.45) is 1.36. The van der Waals surface area contributed by atoms with Gasteiger partial charge in [0.2, 0.25) is 5.13 Å². The number of hydrogen-bond acceptors (Lipinski definition) is 6. The molecular weight excluding hydrogens is 293 g/mol. The van der Waals surface area contributed by atoms with Gasteiger partial charge in [-0.15, -0.1) is 0 Å². The van der Waals surface area contributed by atoms with Gasteiger partial charge in [0.1, 0.15) is 10.7 Å². The molecule has 2 rings (SSSR count). The largest absolute Gasteiger partial charge is 0.462 e. The van der Waals surface area contributed by atoms with E-state index in [9.17, 15) is 9.18 Å². The van der Waals surface area contributed by atoms with Crippen LogP contribution in [0.4, 0.5) is 9.52 Å². The maximum Gasteiger partial charge on any atom is 0.350 e. The summed E-state index contributed by atoms with van der Waals surface area (Å²) < 4.78 is 18.3. The van der Waals surface area contributed by atoms with Crippen LogP contribution in [0.1, 0.15) is 27.9 Å². The predicted octanol–water partition coefficient (Wildman–Crippen LogP) is 3.21. The quantitative estimate of drug-likeness (QED) is 0.523. The van der Waals surface area contributed by atoms with Gasteiger partial charge in [-0.25, -0.2) is 14.2 Å². The number of aryl methyl sites for hydroxylation is 1. The van der Waals surface area contributed by atoms with Crippen molar-refractivity contribution >= 4 is 28.7 Å². The molecular formula is C14H14FN3O2S. The summed E-state index contributed by atoms with van der Waals surface area (Å²) in [5, 5.41) is 4.36. The first-order valence-electron chi connectivity index (χ1n) is 6.30. The first kappa shape index (κ1) is 15.1. The van der Waals surface area contributed by atoms with Crippen LogP contribution in [0.5, 0.6) is 0 Å². The molecule has 1 aromatic carbocycles. The maximum absolute atomic E-state index is 13.4. The van der Waals surface area contributed by atoms with E-state index >= 15 is 0 Å². The van der Waals surface area contributed by atoms with Crippen LogP contribution < -0.4 is 5.43 Å². The average Bonchev–Trinajstić information content (AvgIpc) is 2.82. The summed E-state index contributed by atoms with van der Waals surface area (Å²) >= 11 is 1.14. The maximum atomic E-state index is 13.4. The van der Waals surface area contributed by atoms with Crippen LogP contribution in [0.15, 0.2) is 29.4 Å². The molecule has 1 N–H and O–H groups in total. The van der Waals surface area contributed by atoms with Crippen molar-refractivity contribution in [2.75, 3.05) is 12.0 Å². The minimum Gasteiger partial charge on any atom is -0.462 e. The summed E-state index contributed by atoms with van der Waals surface area (Å²) in [6.45, 7) is 3.77. The number of benzene rings is 1. The van der Waals surface area contributed by atoms with E-state index in [-0.39, 0.29) is 5.82 Å². The van der Waals surface area contributed by atoms with Crippen molar-refractivity contribution in [3.63, 3.8) is 0 Å². The third-order valence-electron chi connectivity index (χ3n) is 2.53. The van der Waals surface area contributed by atoms with Crippen LogP contribution in [0.3, 0.4) is 0 Å². The van der Waals surface area contributed by atoms with Gasteiger partial charge in [0, 0.05) is 5.56 Å². The SMILES string of the molecule is CCOC(=O)c1sc(N/N=C/c2ccccc2F)nc1C. The number of anilines is 1. The van der Waals surface area contributed by atoms with Gasteiger partial charge in [-0.2, -0.15) is 5.10 Å². The van der Waals surface area contributed by atoms with Gasteiger partial charge in [-0.3, -0.25) is 5.43 Å². The Morgan fingerprint density at radius 3 is 3.00 bits per heavy atom. The number of aromatic nitrogens is 1. The highest BCUT2D eigenvalue weighted by Crippen LogP contribution is 2.23. The van der Waals surface area contributed by atoms with Crippen molar-refractivity contribution < 1.29 is 13.9 Å². The lowest BCUT2D eigenvalue weighted by molar-refractivity contribution is 0.0531. The van der Waals surface area contributed by atoms with E-state index in [2.05, 4.69) is 15.5 Å². The van der Waals surface area contributed by atoms with Gasteiger partial charge in [0.05, 0.1) is 18.5 Å². The Morgan fingerprint density at radius 1 is 1.52 bits per heavy atom. The van der Waals surface area contributed by atoms with Crippen molar-refractivity contribution in [2.45, 2.75) is 13.8 Å². The van der Waals surface area contributed by atoms with Crippen LogP contribution in [0.25, 0.3) is 0 Å². The van der Waals surface area contributed by atoms with Gasteiger partial charge in [-0.05, 0) is 19.9 Å². The number of thiazole rings is 1. The molecule has 2 aromatic rings. The van der Waals surface area contributed by atoms with Gasteiger partial charge in [0.25, 0.3) is 0 Å². The molecule has 0 unspecified atom stereocenters. The van der Waals surface area contributed by atoms with Gasteiger partial charge in [-0.1, -0.05) is 29.5 Å². The smallest absolute Gasteiger partial charge is 0.350 e. The van der Waals surface area contributed by atoms with E-state index < -0.39 is 5.97 Å². The number of nitrogens with one attached hydrogen (secondary N) is 1. The Bertz CT molecular complexity index is 670. The number of rotatable bonds is 5. The summed E-state index contributed by atoms with van der Waals surface area (Å²) in [6, 6.07) is 6.29. The average molecular weight is 307 g/mol. The molecule has 0 spiro atoms. The number of hydrogen-bond donors (Lipinski definition) is 1. The lowest BCUT2D eigenvalue weighted by Crippen LogP contribution is -2.03. The van der Waals surface area contributed by atoms with E-state index in [1.165, 1.54) is 12.3 Å². The predicted molar refractivity (Wildman–Crippen MR) is 80.4 cm³/mol. The van der Waals surface area contributed by atoms with Crippen LogP contribution in [0, 0.1) is 12.7 Å². The van der Waals surface area contributed by atoms with Gasteiger partial charge < -0.3 is 4.74 Å². The second-order valence-electron chi connectivity index (χ2n) is 4.05. The van der Waals surface area contributed by atoms with Crippen molar-refractivity contribution in [1.29, 1.82) is 0 Å². The molecule has 110 valence electrons. The number of nitrogens with zero attached hydrogens (tertiary/aromatic N) is 2. The Labute approximate surface area is 125 Å². The van der Waals surface area contributed by atoms with Gasteiger partial charge in [0.15, 0.2) is 0 Å². The van der Waals surface area contributed by atoms with Crippen LogP contribution in [0.2, 0.25) is 0 Å². The molecule has 21 heavy (non-hydrogen) atoms. The molecule has 0 saturated heterocycles. The molecule has 0 fully saturated rings. The normalized spacial score (nSPS) is 10.8. The molecule has 5 nitrogen and oxygen atoms in total. The molecule has 0 bridgehead atoms. The van der Waals surface area contributed by atoms with Crippen LogP contribution in [-0.4, -0.2) is 23.8 Å². The molecule has 1 heterocycles. The Hall–Kier alpha value is -2.28. The zero-order valence-corrected chi connectivity index (χ0v) is 12.4. The number of ether oxygens (including phenoxy) is 1. The second kappa shape index (κ2) is 6.94. The monoisotopic (exact) mass is 307 g/mol. The van der Waals surface area contributed by atoms with E-state index in [4.69, 9.17) is 4.74 Å². The highest BCUT2D eigenvalue weighted by Gasteiger charge is 2.15. The first-order valence-corrected chi connectivity index (χ1v) is 7.11. The first-order chi connectivity index (χ1) is 10.1. The molecule has 0 aliphatic heterocycles. The molecule has 7 heteroatoms. The number of hydrazone groups is 1. The van der Waals surface area contributed by atoms with Crippen molar-refractivity contribution in [1.82, 2.24) is 4.98 Å². The third kappa shape index (κ3) is 3.85. The number of halogens is 1. The van der Waals surface area contributed by atoms with E-state index in [0.717, 1.165) is 11.3 Å². The van der Waals surface area contributed by atoms with E-state index in [1.54, 1.807) is 32.0 Å². The molecule has 0 amide bonds. The van der Waals surface area contributed by atoms with Crippen molar-refractivity contribution in [3.05, 3.63) is 46.2 Å². The lowest BCUT2D eigenvalue weighted by Gasteiger charge is -1.97. The molecule has 0 aliphatic rings. The highest BCUT2D eigenvalue weighted by molar-refractivity contribution is 7.17. The van der Waals surface area contributed by atoms with Crippen LogP contribution >= 0.6 is 11.3 Å². The fraction of sp³-hybridized carbons (Fsp3) is 0.214. The second-order valence-corrected chi connectivity index (χ2v) is 5.04. The summed E-state index contributed by atoms with van der Waals surface area (Å²) in [7, 11) is 0. The highest BCUT2D eigenvalue weighted by atomic mass is 32.1. The zero-order chi connectivity index (χ0) is 15.2. The summed E-state index contributed by atoms with van der Waals surface area (Å²) in [5.74, 6) is -0.760. The number of carbonyl (C=O) groups excluding carboxylic acids is 1. The molecule has 1 aromatic heterocycles. The Morgan fingerprint density at radius 2 is 2.29 bits per heavy atom. The molecule has 0 radical (unpaired) electrons. The minimum absolute atomic E-state index is 0.310. The fourth-order valence-corrected chi connectivity index (χ4v) is 2.38. The van der Waals surface area contributed by atoms with Crippen molar-refractivity contribution in [2.24, 2.45) is 5.10 Å². The summed E-state index contributed by atoms with van der Waals surface area (Å²) in [5.41, 5.74) is 3.62. The molecule has 0 saturated carbocycles. The number of carbonyl (C=O) groups is 1. The van der Waals surface area contributed by atoms with E-state index in [1.807, 2.05) is 0 Å². The van der Waals surface area contributed by atoms with Crippen LogP contribution in [-0.2, 0) is 4.74 Å². The number of esters is 1. The Balaban J connectivity index is 2.06. The molecule has 0 atom stereocenters. The summed E-state index contributed by atoms with van der Waals surface area (Å²) in [4.78, 5) is 16.2. The van der Waals surface area contributed by atoms with Gasteiger partial charge >= 0.3 is 5.97 Å². The topological polar surface area (TPSA) is 63.6 Å². The minimum atomic E-state index is -0.404. The third-order valence-corrected chi connectivity index (χ3v) is 3.57. The standard InChI is InChI=1S/C14H14FN3O2S/c1-3-20-13(19)12-9(2)17-14(21-12)18-16-8-10-6-4-5-7-11(10)15/h4-8H,3H2,1-2H3,(H,17,18)/b16-8+.